The van der Waals surface area contributed by atoms with E-state index in [1.54, 1.807) is 7.11 Å². The van der Waals surface area contributed by atoms with Gasteiger partial charge in [0, 0.05) is 12.5 Å². The predicted octanol–water partition coefficient (Wildman–Crippen LogP) is 3.73. The third-order valence-electron chi connectivity index (χ3n) is 5.95. The van der Waals surface area contributed by atoms with Crippen molar-refractivity contribution < 1.29 is 14.3 Å². The van der Waals surface area contributed by atoms with E-state index in [0.29, 0.717) is 5.92 Å². The van der Waals surface area contributed by atoms with E-state index in [4.69, 9.17) is 9.47 Å². The Kier molecular flexibility index (Phi) is 4.29. The first kappa shape index (κ1) is 15.6. The summed E-state index contributed by atoms with van der Waals surface area (Å²) in [6.07, 6.45) is 5.89. The zero-order chi connectivity index (χ0) is 15.0. The quantitative estimate of drug-likeness (QED) is 0.584. The van der Waals surface area contributed by atoms with Crippen LogP contribution in [0.15, 0.2) is 12.2 Å². The van der Waals surface area contributed by atoms with Gasteiger partial charge in [-0.1, -0.05) is 26.0 Å². The summed E-state index contributed by atoms with van der Waals surface area (Å²) in [5.41, 5.74) is 0.442. The first-order chi connectivity index (χ1) is 9.42. The lowest BCUT2D eigenvalue weighted by molar-refractivity contribution is -0.183. The zero-order valence-electron chi connectivity index (χ0n) is 13.3. The van der Waals surface area contributed by atoms with Gasteiger partial charge >= 0.3 is 5.97 Å². The molecule has 0 aromatic heterocycles. The number of hydrogen-bond donors (Lipinski definition) is 0. The Labute approximate surface area is 122 Å². The lowest BCUT2D eigenvalue weighted by atomic mass is 9.53. The van der Waals surface area contributed by atoms with Gasteiger partial charge in [0.2, 0.25) is 0 Å². The van der Waals surface area contributed by atoms with Crippen molar-refractivity contribution in [1.29, 1.82) is 0 Å². The highest BCUT2D eigenvalue weighted by Gasteiger charge is 2.62. The van der Waals surface area contributed by atoms with E-state index in [0.717, 1.165) is 38.5 Å². The molecule has 3 nitrogen and oxygen atoms in total. The van der Waals surface area contributed by atoms with Crippen LogP contribution in [0, 0.1) is 16.7 Å². The third-order valence-corrected chi connectivity index (χ3v) is 5.95. The molecule has 2 rings (SSSR count). The summed E-state index contributed by atoms with van der Waals surface area (Å²) < 4.78 is 11.0. The van der Waals surface area contributed by atoms with Crippen molar-refractivity contribution in [2.75, 3.05) is 14.2 Å². The highest BCUT2D eigenvalue weighted by Crippen LogP contribution is 2.61. The predicted molar refractivity (Wildman–Crippen MR) is 79.4 cm³/mol. The van der Waals surface area contributed by atoms with Gasteiger partial charge in [0.1, 0.15) is 5.41 Å². The lowest BCUT2D eigenvalue weighted by Gasteiger charge is -2.52. The molecule has 114 valence electrons. The highest BCUT2D eigenvalue weighted by molar-refractivity contribution is 5.80. The first-order valence-corrected chi connectivity index (χ1v) is 7.72. The van der Waals surface area contributed by atoms with E-state index in [-0.39, 0.29) is 17.5 Å². The zero-order valence-corrected chi connectivity index (χ0v) is 13.3. The Morgan fingerprint density at radius 3 is 2.55 bits per heavy atom. The molecule has 0 aromatic rings. The highest BCUT2D eigenvalue weighted by atomic mass is 16.5. The largest absolute Gasteiger partial charge is 0.468 e. The van der Waals surface area contributed by atoms with Crippen molar-refractivity contribution in [3.63, 3.8) is 0 Å². The molecular weight excluding hydrogens is 252 g/mol. The Morgan fingerprint density at radius 2 is 2.05 bits per heavy atom. The van der Waals surface area contributed by atoms with Gasteiger partial charge in [-0.05, 0) is 44.4 Å². The number of esters is 1. The second-order valence-corrected chi connectivity index (χ2v) is 6.86. The molecule has 4 atom stereocenters. The molecule has 0 radical (unpaired) electrons. The molecule has 2 aliphatic carbocycles. The molecule has 2 fully saturated rings. The summed E-state index contributed by atoms with van der Waals surface area (Å²) in [6.45, 7) is 8.70. The van der Waals surface area contributed by atoms with Crippen LogP contribution in [0.5, 0.6) is 0 Å². The minimum absolute atomic E-state index is 0.0708. The van der Waals surface area contributed by atoms with Crippen LogP contribution in [0.2, 0.25) is 0 Å². The summed E-state index contributed by atoms with van der Waals surface area (Å²) >= 11 is 0. The van der Waals surface area contributed by atoms with Gasteiger partial charge in [-0.25, -0.2) is 0 Å². The molecule has 0 spiro atoms. The molecule has 0 saturated heterocycles. The van der Waals surface area contributed by atoms with Crippen molar-refractivity contribution in [2.45, 2.75) is 58.5 Å². The van der Waals surface area contributed by atoms with Crippen molar-refractivity contribution in [1.82, 2.24) is 0 Å². The number of rotatable bonds is 3. The Balaban J connectivity index is 2.50. The lowest BCUT2D eigenvalue weighted by Crippen LogP contribution is -2.57. The second kappa shape index (κ2) is 5.51. The molecule has 0 aliphatic heterocycles. The maximum Gasteiger partial charge on any atom is 0.315 e. The van der Waals surface area contributed by atoms with Gasteiger partial charge in [0.25, 0.3) is 0 Å². The van der Waals surface area contributed by atoms with E-state index in [2.05, 4.69) is 20.4 Å². The normalized spacial score (nSPS) is 41.7. The molecule has 2 saturated carbocycles. The van der Waals surface area contributed by atoms with E-state index in [1.807, 2.05) is 0 Å². The van der Waals surface area contributed by atoms with Crippen LogP contribution < -0.4 is 0 Å². The summed E-state index contributed by atoms with van der Waals surface area (Å²) in [7, 11) is 3.22. The van der Waals surface area contributed by atoms with E-state index in [9.17, 15) is 4.79 Å². The average molecular weight is 280 g/mol. The van der Waals surface area contributed by atoms with Gasteiger partial charge in [-0.2, -0.15) is 0 Å². The molecule has 2 aliphatic rings. The number of methoxy groups -OCH3 is 2. The number of allylic oxidation sites excluding steroid dienone is 1. The summed E-state index contributed by atoms with van der Waals surface area (Å²) in [5, 5.41) is 0. The summed E-state index contributed by atoms with van der Waals surface area (Å²) in [6, 6.07) is 0. The van der Waals surface area contributed by atoms with Crippen LogP contribution in [-0.4, -0.2) is 26.3 Å². The van der Waals surface area contributed by atoms with Crippen LogP contribution in [0.4, 0.5) is 0 Å². The Hall–Kier alpha value is -0.830. The molecule has 0 aromatic carbocycles. The third kappa shape index (κ3) is 2.02. The molecule has 0 bridgehead atoms. The molecule has 0 N–H and O–H groups in total. The first-order valence-electron chi connectivity index (χ1n) is 7.72. The van der Waals surface area contributed by atoms with Crippen molar-refractivity contribution in [3.8, 4) is 0 Å². The van der Waals surface area contributed by atoms with Gasteiger partial charge < -0.3 is 9.47 Å². The fourth-order valence-electron chi connectivity index (χ4n) is 4.54. The molecule has 0 amide bonds. The van der Waals surface area contributed by atoms with Crippen LogP contribution in [0.3, 0.4) is 0 Å². The molecule has 3 heteroatoms. The van der Waals surface area contributed by atoms with Crippen molar-refractivity contribution >= 4 is 5.97 Å². The average Bonchev–Trinajstić information content (AvgIpc) is 2.79. The standard InChI is InChI=1S/C17H28O3/c1-12-8-10-17(15(18)20-5,14(11-12)19-4)16(3)9-6-7-13(16)2/h12,14H,2,6-11H2,1,3-5H3/t12-,14-,16+,17+/m0/s1. The minimum Gasteiger partial charge on any atom is -0.468 e. The van der Waals surface area contributed by atoms with Gasteiger partial charge in [-0.15, -0.1) is 0 Å². The maximum atomic E-state index is 12.8. The Morgan fingerprint density at radius 1 is 1.35 bits per heavy atom. The fraction of sp³-hybridized carbons (Fsp3) is 0.824. The second-order valence-electron chi connectivity index (χ2n) is 6.86. The van der Waals surface area contributed by atoms with Crippen molar-refractivity contribution in [3.05, 3.63) is 12.2 Å². The fourth-order valence-corrected chi connectivity index (χ4v) is 4.54. The molecule has 0 unspecified atom stereocenters. The minimum atomic E-state index is -0.559. The molecule has 0 heterocycles. The van der Waals surface area contributed by atoms with Crippen molar-refractivity contribution in [2.24, 2.45) is 16.7 Å². The molecule has 20 heavy (non-hydrogen) atoms. The monoisotopic (exact) mass is 280 g/mol. The maximum absolute atomic E-state index is 12.8. The van der Waals surface area contributed by atoms with E-state index in [1.165, 1.54) is 12.7 Å². The number of hydrogen-bond acceptors (Lipinski definition) is 3. The van der Waals surface area contributed by atoms with E-state index < -0.39 is 5.41 Å². The van der Waals surface area contributed by atoms with Crippen LogP contribution >= 0.6 is 0 Å². The van der Waals surface area contributed by atoms with E-state index >= 15 is 0 Å². The SMILES string of the molecule is C=C1CCC[C@@]1(C)[C@]1(C(=O)OC)CC[C@H](C)C[C@@H]1OC. The van der Waals surface area contributed by atoms with Gasteiger partial charge in [-0.3, -0.25) is 4.79 Å². The molecular formula is C17H28O3. The number of carbonyl (C=O) groups excluding carboxylic acids is 1. The topological polar surface area (TPSA) is 35.5 Å². The smallest absolute Gasteiger partial charge is 0.315 e. The van der Waals surface area contributed by atoms with Gasteiger partial charge in [0.15, 0.2) is 0 Å². The van der Waals surface area contributed by atoms with Gasteiger partial charge in [0.05, 0.1) is 13.2 Å². The summed E-state index contributed by atoms with van der Waals surface area (Å²) in [4.78, 5) is 12.8. The number of ether oxygens (including phenoxy) is 2. The van der Waals surface area contributed by atoms with Crippen LogP contribution in [-0.2, 0) is 14.3 Å². The van der Waals surface area contributed by atoms with Crippen LogP contribution in [0.25, 0.3) is 0 Å². The Bertz CT molecular complexity index is 403. The number of carbonyl (C=O) groups is 1. The van der Waals surface area contributed by atoms with Crippen LogP contribution in [0.1, 0.15) is 52.4 Å². The summed E-state index contributed by atoms with van der Waals surface area (Å²) in [5.74, 6) is 0.484.